The summed E-state index contributed by atoms with van der Waals surface area (Å²) in [6.45, 7) is 7.65. The number of benzene rings is 1. The molecule has 0 radical (unpaired) electrons. The molecule has 1 fully saturated rings. The zero-order valence-corrected chi connectivity index (χ0v) is 18.2. The second-order valence-electron chi connectivity index (χ2n) is 8.35. The molecular formula is C20H26FN3O5S. The number of ether oxygens (including phenoxy) is 1. The Hall–Kier alpha value is -2.46. The molecule has 1 amide bonds. The molecular weight excluding hydrogens is 413 g/mol. The summed E-state index contributed by atoms with van der Waals surface area (Å²) >= 11 is 0. The molecule has 1 unspecified atom stereocenters. The summed E-state index contributed by atoms with van der Waals surface area (Å²) in [5.41, 5.74) is -0.658. The lowest BCUT2D eigenvalue weighted by Gasteiger charge is -2.30. The van der Waals surface area contributed by atoms with Crippen molar-refractivity contribution in [3.05, 3.63) is 30.2 Å². The van der Waals surface area contributed by atoms with Gasteiger partial charge in [-0.1, -0.05) is 6.07 Å². The predicted octanol–water partition coefficient (Wildman–Crippen LogP) is 3.10. The summed E-state index contributed by atoms with van der Waals surface area (Å²) in [7, 11) is -4.11. The van der Waals surface area contributed by atoms with Gasteiger partial charge in [0, 0.05) is 36.4 Å². The third-order valence-electron chi connectivity index (χ3n) is 4.83. The van der Waals surface area contributed by atoms with E-state index in [2.05, 4.69) is 4.98 Å². The molecule has 164 valence electrons. The molecule has 1 aliphatic heterocycles. The normalized spacial score (nSPS) is 19.0. The minimum Gasteiger partial charge on any atom is -0.493 e. The molecule has 10 heteroatoms. The summed E-state index contributed by atoms with van der Waals surface area (Å²) in [4.78, 5) is 17.2. The Morgan fingerprint density at radius 1 is 1.30 bits per heavy atom. The van der Waals surface area contributed by atoms with Crippen LogP contribution in [0.15, 0.2) is 29.3 Å². The molecule has 2 heterocycles. The number of hydrogen-bond acceptors (Lipinski definition) is 6. The fourth-order valence-electron chi connectivity index (χ4n) is 3.55. The summed E-state index contributed by atoms with van der Waals surface area (Å²) < 4.78 is 48.1. The fourth-order valence-corrected chi connectivity index (χ4v) is 5.42. The second kappa shape index (κ2) is 7.99. The van der Waals surface area contributed by atoms with Gasteiger partial charge in [0.15, 0.2) is 5.82 Å². The SMILES string of the molecule is CC1CN(C(=O)OC(C)(C)C)CCCN1S(=O)(=O)c1cccc2c(O)ncc(F)c12. The van der Waals surface area contributed by atoms with Gasteiger partial charge in [-0.15, -0.1) is 0 Å². The lowest BCUT2D eigenvalue weighted by atomic mass is 10.1. The van der Waals surface area contributed by atoms with Gasteiger partial charge in [-0.05, 0) is 46.2 Å². The van der Waals surface area contributed by atoms with Crippen molar-refractivity contribution < 1.29 is 27.4 Å². The van der Waals surface area contributed by atoms with Crippen LogP contribution in [0, 0.1) is 5.82 Å². The van der Waals surface area contributed by atoms with Crippen LogP contribution in [0.1, 0.15) is 34.1 Å². The highest BCUT2D eigenvalue weighted by Gasteiger charge is 2.36. The number of nitrogens with zero attached hydrogens (tertiary/aromatic N) is 3. The van der Waals surface area contributed by atoms with Crippen molar-refractivity contribution >= 4 is 26.9 Å². The fraction of sp³-hybridized carbons (Fsp3) is 0.500. The Morgan fingerprint density at radius 3 is 2.67 bits per heavy atom. The van der Waals surface area contributed by atoms with Gasteiger partial charge in [0.2, 0.25) is 15.9 Å². The zero-order valence-electron chi connectivity index (χ0n) is 17.4. The van der Waals surface area contributed by atoms with E-state index in [1.54, 1.807) is 27.7 Å². The average Bonchev–Trinajstić information content (AvgIpc) is 2.85. The van der Waals surface area contributed by atoms with Crippen LogP contribution in [0.2, 0.25) is 0 Å². The largest absolute Gasteiger partial charge is 0.493 e. The van der Waals surface area contributed by atoms with Gasteiger partial charge in [-0.25, -0.2) is 22.6 Å². The molecule has 8 nitrogen and oxygen atoms in total. The smallest absolute Gasteiger partial charge is 0.410 e. The number of carbonyl (C=O) groups is 1. The molecule has 1 atom stereocenters. The molecule has 3 rings (SSSR count). The van der Waals surface area contributed by atoms with Crippen molar-refractivity contribution in [1.82, 2.24) is 14.2 Å². The average molecular weight is 440 g/mol. The van der Waals surface area contributed by atoms with Gasteiger partial charge in [0.05, 0.1) is 11.1 Å². The van der Waals surface area contributed by atoms with E-state index in [1.807, 2.05) is 0 Å². The maximum Gasteiger partial charge on any atom is 0.410 e. The number of aromatic nitrogens is 1. The molecule has 0 spiro atoms. The lowest BCUT2D eigenvalue weighted by Crippen LogP contribution is -2.45. The highest BCUT2D eigenvalue weighted by molar-refractivity contribution is 7.89. The molecule has 30 heavy (non-hydrogen) atoms. The van der Waals surface area contributed by atoms with Crippen LogP contribution in [0.25, 0.3) is 10.8 Å². The van der Waals surface area contributed by atoms with Crippen molar-refractivity contribution in [3.63, 3.8) is 0 Å². The maximum atomic E-state index is 14.5. The Morgan fingerprint density at radius 2 is 2.00 bits per heavy atom. The minimum absolute atomic E-state index is 0.0222. The summed E-state index contributed by atoms with van der Waals surface area (Å²) in [5, 5.41) is 9.76. The van der Waals surface area contributed by atoms with Crippen LogP contribution in [0.5, 0.6) is 5.88 Å². The van der Waals surface area contributed by atoms with E-state index in [0.717, 1.165) is 6.20 Å². The number of fused-ring (bicyclic) bond motifs is 1. The van der Waals surface area contributed by atoms with Crippen molar-refractivity contribution in [3.8, 4) is 5.88 Å². The summed E-state index contributed by atoms with van der Waals surface area (Å²) in [6, 6.07) is 3.60. The van der Waals surface area contributed by atoms with Gasteiger partial charge >= 0.3 is 6.09 Å². The number of pyridine rings is 1. The van der Waals surface area contributed by atoms with E-state index >= 15 is 0 Å². The number of sulfonamides is 1. The lowest BCUT2D eigenvalue weighted by molar-refractivity contribution is 0.0244. The molecule has 0 saturated carbocycles. The second-order valence-corrected chi connectivity index (χ2v) is 10.2. The molecule has 1 aromatic carbocycles. The third-order valence-corrected chi connectivity index (χ3v) is 6.88. The number of halogens is 1. The van der Waals surface area contributed by atoms with Gasteiger partial charge < -0.3 is 14.7 Å². The zero-order chi connectivity index (χ0) is 22.3. The Bertz CT molecular complexity index is 1070. The first kappa shape index (κ1) is 22.2. The monoisotopic (exact) mass is 439 g/mol. The Labute approximate surface area is 175 Å². The van der Waals surface area contributed by atoms with Gasteiger partial charge in [-0.2, -0.15) is 4.31 Å². The van der Waals surface area contributed by atoms with Crippen LogP contribution in [0.4, 0.5) is 9.18 Å². The van der Waals surface area contributed by atoms with Crippen molar-refractivity contribution in [1.29, 1.82) is 0 Å². The van der Waals surface area contributed by atoms with E-state index in [4.69, 9.17) is 4.74 Å². The van der Waals surface area contributed by atoms with E-state index in [0.29, 0.717) is 13.0 Å². The number of aromatic hydroxyl groups is 1. The summed E-state index contributed by atoms with van der Waals surface area (Å²) in [5.74, 6) is -1.27. The molecule has 1 aromatic heterocycles. The number of amides is 1. The van der Waals surface area contributed by atoms with E-state index < -0.39 is 39.5 Å². The first-order chi connectivity index (χ1) is 13.9. The summed E-state index contributed by atoms with van der Waals surface area (Å²) in [6.07, 6.45) is 0.705. The number of carbonyl (C=O) groups excluding carboxylic acids is 1. The van der Waals surface area contributed by atoms with Gasteiger partial charge in [-0.3, -0.25) is 0 Å². The topological polar surface area (TPSA) is 100 Å². The van der Waals surface area contributed by atoms with E-state index in [9.17, 15) is 22.7 Å². The highest BCUT2D eigenvalue weighted by atomic mass is 32.2. The minimum atomic E-state index is -4.11. The van der Waals surface area contributed by atoms with Gasteiger partial charge in [0.25, 0.3) is 0 Å². The molecule has 1 N–H and O–H groups in total. The highest BCUT2D eigenvalue weighted by Crippen LogP contribution is 2.33. The molecule has 2 aromatic rings. The van der Waals surface area contributed by atoms with Crippen molar-refractivity contribution in [2.75, 3.05) is 19.6 Å². The predicted molar refractivity (Wildman–Crippen MR) is 109 cm³/mol. The van der Waals surface area contributed by atoms with E-state index in [1.165, 1.54) is 27.4 Å². The van der Waals surface area contributed by atoms with E-state index in [-0.39, 0.29) is 28.8 Å². The molecule has 0 aliphatic carbocycles. The van der Waals surface area contributed by atoms with Crippen molar-refractivity contribution in [2.24, 2.45) is 0 Å². The van der Waals surface area contributed by atoms with Gasteiger partial charge in [0.1, 0.15) is 5.60 Å². The van der Waals surface area contributed by atoms with Crippen molar-refractivity contribution in [2.45, 2.75) is 50.7 Å². The van der Waals surface area contributed by atoms with Crippen LogP contribution in [-0.2, 0) is 14.8 Å². The molecule has 1 aliphatic rings. The number of hydrogen-bond donors (Lipinski definition) is 1. The van der Waals surface area contributed by atoms with Crippen LogP contribution in [-0.4, -0.2) is 65.1 Å². The van der Waals surface area contributed by atoms with Crippen LogP contribution in [0.3, 0.4) is 0 Å². The molecule has 0 bridgehead atoms. The van der Waals surface area contributed by atoms with Crippen LogP contribution < -0.4 is 0 Å². The standard InChI is InChI=1S/C20H26FN3O5S/c1-13-12-23(19(26)29-20(2,3)4)9-6-10-24(13)30(27,28)16-8-5-7-14-17(16)15(21)11-22-18(14)25/h5,7-8,11,13H,6,9-10,12H2,1-4H3,(H,22,25). The third kappa shape index (κ3) is 4.34. The number of rotatable bonds is 2. The first-order valence-corrected chi connectivity index (χ1v) is 11.1. The first-order valence-electron chi connectivity index (χ1n) is 9.68. The van der Waals surface area contributed by atoms with Crippen LogP contribution >= 0.6 is 0 Å². The maximum absolute atomic E-state index is 14.5. The Balaban J connectivity index is 1.95. The Kier molecular flexibility index (Phi) is 5.92. The molecule has 1 saturated heterocycles. The quantitative estimate of drug-likeness (QED) is 0.772.